The van der Waals surface area contributed by atoms with Gasteiger partial charge in [0.05, 0.1) is 18.3 Å². The van der Waals surface area contributed by atoms with Crippen LogP contribution in [-0.4, -0.2) is 24.6 Å². The van der Waals surface area contributed by atoms with E-state index in [4.69, 9.17) is 9.47 Å². The van der Waals surface area contributed by atoms with Gasteiger partial charge in [-0.05, 0) is 31.2 Å². The predicted molar refractivity (Wildman–Crippen MR) is 87.7 cm³/mol. The second kappa shape index (κ2) is 7.89. The number of Topliss-reactive ketones (excluding diaryl/α,β-unsaturated/α-hetero) is 1. The second-order valence-electron chi connectivity index (χ2n) is 6.68. The molecule has 0 heterocycles. The Morgan fingerprint density at radius 1 is 1.23 bits per heavy atom. The Morgan fingerprint density at radius 3 is 2.41 bits per heavy atom. The molecule has 1 aromatic rings. The van der Waals surface area contributed by atoms with Gasteiger partial charge in [-0.2, -0.15) is 0 Å². The third-order valence-corrected chi connectivity index (χ3v) is 4.75. The van der Waals surface area contributed by atoms with Gasteiger partial charge >= 0.3 is 0 Å². The molecule has 22 heavy (non-hydrogen) atoms. The van der Waals surface area contributed by atoms with Crippen LogP contribution >= 0.6 is 0 Å². The predicted octanol–water partition coefficient (Wildman–Crippen LogP) is 4.15. The summed E-state index contributed by atoms with van der Waals surface area (Å²) in [6, 6.07) is 10.3. The number of methoxy groups -OCH3 is 1. The second-order valence-corrected chi connectivity index (χ2v) is 6.68. The van der Waals surface area contributed by atoms with Gasteiger partial charge in [0.1, 0.15) is 5.78 Å². The lowest BCUT2D eigenvalue weighted by Crippen LogP contribution is -2.41. The summed E-state index contributed by atoms with van der Waals surface area (Å²) in [6.07, 6.45) is 4.55. The Bertz CT molecular complexity index is 459. The molecule has 1 saturated carbocycles. The third kappa shape index (κ3) is 4.65. The molecule has 0 saturated heterocycles. The first-order valence-electron chi connectivity index (χ1n) is 8.28. The summed E-state index contributed by atoms with van der Waals surface area (Å²) in [4.78, 5) is 12.1. The topological polar surface area (TPSA) is 35.5 Å². The number of rotatable bonds is 7. The van der Waals surface area contributed by atoms with Crippen molar-refractivity contribution in [2.24, 2.45) is 5.92 Å². The first kappa shape index (κ1) is 17.2. The van der Waals surface area contributed by atoms with Crippen molar-refractivity contribution in [2.75, 3.05) is 7.11 Å². The summed E-state index contributed by atoms with van der Waals surface area (Å²) in [5.41, 5.74) is 0.939. The maximum absolute atomic E-state index is 12.1. The molecule has 122 valence electrons. The minimum atomic E-state index is -0.270. The molecule has 1 fully saturated rings. The molecule has 0 N–H and O–H groups in total. The van der Waals surface area contributed by atoms with Crippen molar-refractivity contribution >= 4 is 5.78 Å². The van der Waals surface area contributed by atoms with E-state index in [1.165, 1.54) is 5.56 Å². The summed E-state index contributed by atoms with van der Waals surface area (Å²) in [5, 5.41) is 0. The van der Waals surface area contributed by atoms with Crippen molar-refractivity contribution < 1.29 is 14.3 Å². The molecule has 1 aliphatic rings. The average molecular weight is 304 g/mol. The molecule has 0 spiro atoms. The van der Waals surface area contributed by atoms with Crippen molar-refractivity contribution in [2.45, 2.75) is 64.3 Å². The maximum Gasteiger partial charge on any atom is 0.138 e. The molecule has 3 nitrogen and oxygen atoms in total. The van der Waals surface area contributed by atoms with Gasteiger partial charge in [0.25, 0.3) is 0 Å². The molecule has 0 aromatic heterocycles. The minimum absolute atomic E-state index is 0.0825. The number of ether oxygens (including phenoxy) is 2. The Balaban J connectivity index is 1.82. The summed E-state index contributed by atoms with van der Waals surface area (Å²) in [5.74, 6) is 0.379. The van der Waals surface area contributed by atoms with Gasteiger partial charge in [-0.3, -0.25) is 4.79 Å². The summed E-state index contributed by atoms with van der Waals surface area (Å²) >= 11 is 0. The van der Waals surface area contributed by atoms with Crippen LogP contribution in [0.15, 0.2) is 30.3 Å². The number of hydrogen-bond donors (Lipinski definition) is 0. The van der Waals surface area contributed by atoms with E-state index in [9.17, 15) is 4.79 Å². The molecule has 2 rings (SSSR count). The fraction of sp³-hybridized carbons (Fsp3) is 0.632. The van der Waals surface area contributed by atoms with Crippen LogP contribution in [0.5, 0.6) is 0 Å². The third-order valence-electron chi connectivity index (χ3n) is 4.75. The zero-order valence-corrected chi connectivity index (χ0v) is 14.0. The molecule has 1 aliphatic carbocycles. The highest BCUT2D eigenvalue weighted by molar-refractivity contribution is 5.81. The van der Waals surface area contributed by atoms with E-state index in [1.807, 2.05) is 32.0 Å². The Morgan fingerprint density at radius 2 is 1.86 bits per heavy atom. The van der Waals surface area contributed by atoms with Gasteiger partial charge in [-0.25, -0.2) is 0 Å². The van der Waals surface area contributed by atoms with Crippen molar-refractivity contribution in [3.63, 3.8) is 0 Å². The van der Waals surface area contributed by atoms with Crippen molar-refractivity contribution in [3.05, 3.63) is 35.9 Å². The molecule has 3 heteroatoms. The number of hydrogen-bond acceptors (Lipinski definition) is 3. The van der Waals surface area contributed by atoms with Gasteiger partial charge in [0, 0.05) is 19.4 Å². The molecule has 1 aromatic carbocycles. The summed E-state index contributed by atoms with van der Waals surface area (Å²) in [6.45, 7) is 4.58. The standard InChI is InChI=1S/C19H28O3/c1-15(2)18(20)13-19(21-3)11-9-17(10-12-19)22-14-16-7-5-4-6-8-16/h4-8,15,17H,9-14H2,1-3H3. The van der Waals surface area contributed by atoms with Crippen LogP contribution in [0.25, 0.3) is 0 Å². The molecular weight excluding hydrogens is 276 g/mol. The largest absolute Gasteiger partial charge is 0.378 e. The lowest BCUT2D eigenvalue weighted by molar-refractivity contribution is -0.134. The van der Waals surface area contributed by atoms with Gasteiger partial charge < -0.3 is 9.47 Å². The molecular formula is C19H28O3. The van der Waals surface area contributed by atoms with Gasteiger partial charge in [-0.15, -0.1) is 0 Å². The van der Waals surface area contributed by atoms with Crippen molar-refractivity contribution in [1.29, 1.82) is 0 Å². The van der Waals surface area contributed by atoms with Crippen LogP contribution in [0.3, 0.4) is 0 Å². The quantitative estimate of drug-likeness (QED) is 0.759. The molecule has 0 unspecified atom stereocenters. The average Bonchev–Trinajstić information content (AvgIpc) is 2.55. The van der Waals surface area contributed by atoms with E-state index in [-0.39, 0.29) is 17.6 Å². The van der Waals surface area contributed by atoms with E-state index in [0.29, 0.717) is 18.8 Å². The first-order valence-corrected chi connectivity index (χ1v) is 8.28. The molecule has 0 aliphatic heterocycles. The van der Waals surface area contributed by atoms with Crippen LogP contribution in [0.1, 0.15) is 51.5 Å². The SMILES string of the molecule is COC1(CC(=O)C(C)C)CCC(OCc2ccccc2)CC1. The van der Waals surface area contributed by atoms with Crippen LogP contribution in [0.2, 0.25) is 0 Å². The van der Waals surface area contributed by atoms with E-state index < -0.39 is 0 Å². The minimum Gasteiger partial charge on any atom is -0.378 e. The molecule has 0 atom stereocenters. The highest BCUT2D eigenvalue weighted by Crippen LogP contribution is 2.36. The number of ketones is 1. The first-order chi connectivity index (χ1) is 10.5. The molecule has 0 radical (unpaired) electrons. The van der Waals surface area contributed by atoms with E-state index in [2.05, 4.69) is 12.1 Å². The highest BCUT2D eigenvalue weighted by atomic mass is 16.5. The van der Waals surface area contributed by atoms with Gasteiger partial charge in [0.15, 0.2) is 0 Å². The van der Waals surface area contributed by atoms with Crippen LogP contribution in [0.4, 0.5) is 0 Å². The number of carbonyl (C=O) groups is 1. The fourth-order valence-corrected chi connectivity index (χ4v) is 3.05. The monoisotopic (exact) mass is 304 g/mol. The van der Waals surface area contributed by atoms with E-state index in [1.54, 1.807) is 7.11 Å². The van der Waals surface area contributed by atoms with Gasteiger partial charge in [0.2, 0.25) is 0 Å². The van der Waals surface area contributed by atoms with E-state index in [0.717, 1.165) is 25.7 Å². The number of benzene rings is 1. The van der Waals surface area contributed by atoms with Gasteiger partial charge in [-0.1, -0.05) is 44.2 Å². The van der Waals surface area contributed by atoms with Crippen molar-refractivity contribution in [3.8, 4) is 0 Å². The van der Waals surface area contributed by atoms with Crippen LogP contribution in [0, 0.1) is 5.92 Å². The lowest BCUT2D eigenvalue weighted by Gasteiger charge is -2.39. The Kier molecular flexibility index (Phi) is 6.16. The normalized spacial score (nSPS) is 25.4. The summed E-state index contributed by atoms with van der Waals surface area (Å²) < 4.78 is 11.8. The highest BCUT2D eigenvalue weighted by Gasteiger charge is 2.37. The Hall–Kier alpha value is -1.19. The zero-order chi connectivity index (χ0) is 16.0. The maximum atomic E-state index is 12.1. The van der Waals surface area contributed by atoms with E-state index >= 15 is 0 Å². The molecule has 0 bridgehead atoms. The summed E-state index contributed by atoms with van der Waals surface area (Å²) in [7, 11) is 1.73. The fourth-order valence-electron chi connectivity index (χ4n) is 3.05. The zero-order valence-electron chi connectivity index (χ0n) is 14.0. The smallest absolute Gasteiger partial charge is 0.138 e. The van der Waals surface area contributed by atoms with Crippen molar-refractivity contribution in [1.82, 2.24) is 0 Å². The molecule has 0 amide bonds. The number of carbonyl (C=O) groups excluding carboxylic acids is 1. The van der Waals surface area contributed by atoms with Crippen LogP contribution < -0.4 is 0 Å². The van der Waals surface area contributed by atoms with Crippen LogP contribution in [-0.2, 0) is 20.9 Å². The lowest BCUT2D eigenvalue weighted by atomic mass is 9.78. The Labute approximate surface area is 134 Å².